The highest BCUT2D eigenvalue weighted by Crippen LogP contribution is 2.46. The Morgan fingerprint density at radius 2 is 1.58 bits per heavy atom. The Kier molecular flexibility index (Phi) is 5.22. The third-order valence-electron chi connectivity index (χ3n) is 2.11. The van der Waals surface area contributed by atoms with E-state index in [2.05, 4.69) is 14.5 Å². The normalized spacial score (nSPS) is 9.89. The van der Waals surface area contributed by atoms with Crippen LogP contribution >= 0.6 is 0 Å². The van der Waals surface area contributed by atoms with Gasteiger partial charge in [0.05, 0.1) is 28.4 Å². The summed E-state index contributed by atoms with van der Waals surface area (Å²) in [5, 5.41) is 9.79. The molecule has 1 aromatic carbocycles. The second-order valence-electron chi connectivity index (χ2n) is 3.13. The van der Waals surface area contributed by atoms with Crippen LogP contribution in [0.1, 0.15) is 10.4 Å². The van der Waals surface area contributed by atoms with E-state index in [1.807, 2.05) is 0 Å². The van der Waals surface area contributed by atoms with Crippen LogP contribution in [-0.2, 0) is 14.5 Å². The number of hydrogen-bond donors (Lipinski definition) is 1. The molecule has 8 nitrogen and oxygen atoms in total. The summed E-state index contributed by atoms with van der Waals surface area (Å²) in [5.41, 5.74) is -0.0574. The lowest BCUT2D eigenvalue weighted by Gasteiger charge is -2.15. The number of benzene rings is 1. The molecule has 106 valence electrons. The van der Waals surface area contributed by atoms with Crippen LogP contribution in [0.25, 0.3) is 0 Å². The molecule has 0 aliphatic heterocycles. The lowest BCUT2D eigenvalue weighted by molar-refractivity contribution is -0.203. The topological polar surface area (TPSA) is 92.7 Å². The van der Waals surface area contributed by atoms with Crippen LogP contribution < -0.4 is 14.5 Å². The number of carbonyl (C=O) groups excluding carboxylic acids is 1. The van der Waals surface area contributed by atoms with Crippen LogP contribution in [0.4, 0.5) is 0 Å². The predicted molar refractivity (Wildman–Crippen MR) is 61.3 cm³/mol. The molecule has 1 aromatic rings. The van der Waals surface area contributed by atoms with E-state index in [4.69, 9.17) is 14.5 Å². The standard InChI is InChI=1S/C11H14O8/c1-14-8-6(11(13)15-2)5-7(12)9(18-16-3)10(8)19-17-4/h5,12H,1-4H3. The van der Waals surface area contributed by atoms with Crippen LogP contribution in [0.5, 0.6) is 23.0 Å². The van der Waals surface area contributed by atoms with Gasteiger partial charge < -0.3 is 24.4 Å². The monoisotopic (exact) mass is 274 g/mol. The van der Waals surface area contributed by atoms with Crippen molar-refractivity contribution >= 4 is 5.97 Å². The zero-order valence-corrected chi connectivity index (χ0v) is 10.9. The van der Waals surface area contributed by atoms with E-state index in [0.717, 1.165) is 6.07 Å². The molecule has 0 aliphatic rings. The van der Waals surface area contributed by atoms with Crippen molar-refractivity contribution in [2.45, 2.75) is 0 Å². The number of rotatable bonds is 6. The lowest BCUT2D eigenvalue weighted by Crippen LogP contribution is -2.08. The molecule has 0 amide bonds. The molecule has 0 saturated heterocycles. The molecule has 0 radical (unpaired) electrons. The van der Waals surface area contributed by atoms with Gasteiger partial charge >= 0.3 is 5.97 Å². The first-order valence-corrected chi connectivity index (χ1v) is 5.04. The Morgan fingerprint density at radius 3 is 2.05 bits per heavy atom. The molecule has 0 heterocycles. The van der Waals surface area contributed by atoms with E-state index in [9.17, 15) is 9.90 Å². The molecule has 1 N–H and O–H groups in total. The Morgan fingerprint density at radius 1 is 1.00 bits per heavy atom. The van der Waals surface area contributed by atoms with Gasteiger partial charge in [-0.25, -0.2) is 4.79 Å². The summed E-state index contributed by atoms with van der Waals surface area (Å²) < 4.78 is 9.61. The van der Waals surface area contributed by atoms with Crippen LogP contribution in [0, 0.1) is 0 Å². The van der Waals surface area contributed by atoms with Gasteiger partial charge in [0.25, 0.3) is 11.5 Å². The number of phenolic OH excluding ortho intramolecular Hbond substituents is 1. The van der Waals surface area contributed by atoms with Crippen LogP contribution in [0.2, 0.25) is 0 Å². The molecule has 1 rings (SSSR count). The second kappa shape index (κ2) is 6.66. The first-order valence-electron chi connectivity index (χ1n) is 5.04. The van der Waals surface area contributed by atoms with Gasteiger partial charge in [-0.3, -0.25) is 0 Å². The van der Waals surface area contributed by atoms with Crippen molar-refractivity contribution in [3.8, 4) is 23.0 Å². The summed E-state index contributed by atoms with van der Waals surface area (Å²) in [5.74, 6) is -1.52. The number of phenols is 1. The second-order valence-corrected chi connectivity index (χ2v) is 3.13. The number of esters is 1. The van der Waals surface area contributed by atoms with Crippen molar-refractivity contribution in [1.29, 1.82) is 0 Å². The quantitative estimate of drug-likeness (QED) is 0.468. The van der Waals surface area contributed by atoms with Gasteiger partial charge in [0, 0.05) is 6.07 Å². The van der Waals surface area contributed by atoms with Crippen LogP contribution in [0.3, 0.4) is 0 Å². The number of ether oxygens (including phenoxy) is 2. The average molecular weight is 274 g/mol. The third-order valence-corrected chi connectivity index (χ3v) is 2.11. The summed E-state index contributed by atoms with van der Waals surface area (Å²) in [4.78, 5) is 30.1. The van der Waals surface area contributed by atoms with Gasteiger partial charge in [0.2, 0.25) is 0 Å². The summed E-state index contributed by atoms with van der Waals surface area (Å²) in [6, 6.07) is 1.10. The fourth-order valence-corrected chi connectivity index (χ4v) is 1.40. The van der Waals surface area contributed by atoms with Gasteiger partial charge in [0.1, 0.15) is 5.56 Å². The third kappa shape index (κ3) is 2.98. The van der Waals surface area contributed by atoms with Crippen LogP contribution in [-0.4, -0.2) is 39.5 Å². The van der Waals surface area contributed by atoms with Crippen molar-refractivity contribution in [3.05, 3.63) is 11.6 Å². The van der Waals surface area contributed by atoms with Crippen molar-refractivity contribution in [2.24, 2.45) is 0 Å². The maximum absolute atomic E-state index is 11.6. The molecule has 0 aromatic heterocycles. The molecular formula is C11H14O8. The summed E-state index contributed by atoms with van der Waals surface area (Å²) in [7, 11) is 4.96. The number of methoxy groups -OCH3 is 2. The lowest BCUT2D eigenvalue weighted by atomic mass is 10.1. The van der Waals surface area contributed by atoms with E-state index in [-0.39, 0.29) is 22.8 Å². The van der Waals surface area contributed by atoms with Gasteiger partial charge in [-0.1, -0.05) is 0 Å². The van der Waals surface area contributed by atoms with E-state index < -0.39 is 11.7 Å². The van der Waals surface area contributed by atoms with Gasteiger partial charge in [-0.15, -0.1) is 0 Å². The molecule has 0 bridgehead atoms. The molecule has 0 spiro atoms. The van der Waals surface area contributed by atoms with Gasteiger partial charge in [0.15, 0.2) is 11.5 Å². The highest BCUT2D eigenvalue weighted by molar-refractivity contribution is 5.95. The smallest absolute Gasteiger partial charge is 0.341 e. The van der Waals surface area contributed by atoms with E-state index >= 15 is 0 Å². The SMILES string of the molecule is COOc1c(O)cc(C(=O)OC)c(OC)c1OOC. The molecule has 19 heavy (non-hydrogen) atoms. The highest BCUT2D eigenvalue weighted by Gasteiger charge is 2.27. The van der Waals surface area contributed by atoms with Crippen molar-refractivity contribution in [3.63, 3.8) is 0 Å². The largest absolute Gasteiger partial charge is 0.504 e. The zero-order chi connectivity index (χ0) is 14.4. The zero-order valence-electron chi connectivity index (χ0n) is 10.9. The summed E-state index contributed by atoms with van der Waals surface area (Å²) in [6.45, 7) is 0. The molecule has 0 fully saturated rings. The fourth-order valence-electron chi connectivity index (χ4n) is 1.40. The summed E-state index contributed by atoms with van der Waals surface area (Å²) >= 11 is 0. The first kappa shape index (κ1) is 14.9. The Labute approximate surface area is 109 Å². The van der Waals surface area contributed by atoms with Gasteiger partial charge in [-0.2, -0.15) is 9.78 Å². The van der Waals surface area contributed by atoms with Crippen molar-refractivity contribution in [1.82, 2.24) is 0 Å². The Balaban J connectivity index is 3.49. The number of carbonyl (C=O) groups is 1. The number of aromatic hydroxyl groups is 1. The first-order chi connectivity index (χ1) is 9.10. The average Bonchev–Trinajstić information content (AvgIpc) is 2.41. The molecule has 8 heteroatoms. The van der Waals surface area contributed by atoms with Crippen LogP contribution in [0.15, 0.2) is 6.07 Å². The van der Waals surface area contributed by atoms with E-state index in [1.165, 1.54) is 28.4 Å². The molecule has 0 unspecified atom stereocenters. The Bertz CT molecular complexity index is 456. The maximum atomic E-state index is 11.6. The minimum atomic E-state index is -0.725. The molecule has 0 atom stereocenters. The Hall–Kier alpha value is -2.19. The van der Waals surface area contributed by atoms with Crippen molar-refractivity contribution in [2.75, 3.05) is 28.4 Å². The summed E-state index contributed by atoms with van der Waals surface area (Å²) in [6.07, 6.45) is 0. The molecular weight excluding hydrogens is 260 g/mol. The highest BCUT2D eigenvalue weighted by atomic mass is 17.2. The van der Waals surface area contributed by atoms with Gasteiger partial charge in [-0.05, 0) is 0 Å². The minimum Gasteiger partial charge on any atom is -0.504 e. The predicted octanol–water partition coefficient (Wildman–Crippen LogP) is 1.07. The number of hydrogen-bond acceptors (Lipinski definition) is 8. The van der Waals surface area contributed by atoms with E-state index in [0.29, 0.717) is 0 Å². The fraction of sp³-hybridized carbons (Fsp3) is 0.364. The van der Waals surface area contributed by atoms with Crippen molar-refractivity contribution < 1.29 is 38.9 Å². The maximum Gasteiger partial charge on any atom is 0.341 e. The molecule has 0 aliphatic carbocycles. The van der Waals surface area contributed by atoms with E-state index in [1.54, 1.807) is 0 Å². The molecule has 0 saturated carbocycles. The minimum absolute atomic E-state index is 0.0291.